The van der Waals surface area contributed by atoms with E-state index in [0.29, 0.717) is 41.9 Å². The van der Waals surface area contributed by atoms with Gasteiger partial charge in [-0.2, -0.15) is 0 Å². The highest BCUT2D eigenvalue weighted by Gasteiger charge is 2.14. The molecule has 0 atom stereocenters. The lowest BCUT2D eigenvalue weighted by Crippen LogP contribution is -2.20. The molecular weight excluding hydrogens is 382 g/mol. The Morgan fingerprint density at radius 2 is 1.80 bits per heavy atom. The summed E-state index contributed by atoms with van der Waals surface area (Å²) < 4.78 is 13.0. The van der Waals surface area contributed by atoms with Gasteiger partial charge in [-0.3, -0.25) is 4.40 Å². The lowest BCUT2D eigenvalue weighted by atomic mass is 10.1. The van der Waals surface area contributed by atoms with Crippen molar-refractivity contribution in [2.75, 3.05) is 23.8 Å². The van der Waals surface area contributed by atoms with Crippen LogP contribution in [0.25, 0.3) is 17.0 Å². The Morgan fingerprint density at radius 1 is 1.00 bits per heavy atom. The van der Waals surface area contributed by atoms with Gasteiger partial charge in [0.05, 0.1) is 5.69 Å². The zero-order chi connectivity index (χ0) is 20.5. The maximum Gasteiger partial charge on any atom is 0.323 e. The number of hydrogen-bond acceptors (Lipinski definition) is 5. The van der Waals surface area contributed by atoms with Gasteiger partial charge in [0.15, 0.2) is 11.5 Å². The molecule has 8 nitrogen and oxygen atoms in total. The van der Waals surface area contributed by atoms with Gasteiger partial charge >= 0.3 is 6.03 Å². The van der Waals surface area contributed by atoms with Gasteiger partial charge < -0.3 is 20.1 Å². The first kappa shape index (κ1) is 18.0. The minimum Gasteiger partial charge on any atom is -0.486 e. The van der Waals surface area contributed by atoms with E-state index >= 15 is 0 Å². The molecule has 150 valence electrons. The molecule has 0 saturated heterocycles. The number of carbonyl (C=O) groups is 1. The first-order valence-electron chi connectivity index (χ1n) is 9.55. The quantitative estimate of drug-likeness (QED) is 0.539. The van der Waals surface area contributed by atoms with E-state index in [0.717, 1.165) is 17.0 Å². The second-order valence-electron chi connectivity index (χ2n) is 6.85. The monoisotopic (exact) mass is 401 g/mol. The van der Waals surface area contributed by atoms with Crippen LogP contribution in [0.15, 0.2) is 60.9 Å². The van der Waals surface area contributed by atoms with Crippen LogP contribution < -0.4 is 20.1 Å². The summed E-state index contributed by atoms with van der Waals surface area (Å²) in [6.07, 6.45) is 3.64. The van der Waals surface area contributed by atoms with Crippen LogP contribution in [0, 0.1) is 6.92 Å². The van der Waals surface area contributed by atoms with Gasteiger partial charge in [-0.1, -0.05) is 12.1 Å². The third-order valence-corrected chi connectivity index (χ3v) is 4.84. The number of amides is 2. The normalized spacial score (nSPS) is 12.6. The molecule has 2 aromatic heterocycles. The minimum atomic E-state index is -0.350. The topological polar surface area (TPSA) is 89.8 Å². The summed E-state index contributed by atoms with van der Waals surface area (Å²) in [6, 6.07) is 14.4. The maximum absolute atomic E-state index is 12.5. The summed E-state index contributed by atoms with van der Waals surface area (Å²) in [5, 5.41) is 5.68. The van der Waals surface area contributed by atoms with E-state index in [1.807, 2.05) is 47.9 Å². The average molecular weight is 401 g/mol. The molecule has 0 aliphatic carbocycles. The standard InChI is InChI=1S/C22H19N5O3/c1-14-20(26-21-23-8-3-9-27(14)21)15-4-2-5-16(12-15)24-22(28)25-17-6-7-18-19(13-17)30-11-10-29-18/h2-9,12-13H,10-11H2,1H3,(H2,24,25,28). The van der Waals surface area contributed by atoms with Crippen molar-refractivity contribution >= 4 is 23.2 Å². The van der Waals surface area contributed by atoms with Crippen LogP contribution in [-0.2, 0) is 0 Å². The number of carbonyl (C=O) groups excluding carboxylic acids is 1. The number of aromatic nitrogens is 3. The van der Waals surface area contributed by atoms with E-state index in [9.17, 15) is 4.79 Å². The Kier molecular flexibility index (Phi) is 4.44. The number of aryl methyl sites for hydroxylation is 1. The lowest BCUT2D eigenvalue weighted by Gasteiger charge is -2.19. The van der Waals surface area contributed by atoms with Crippen molar-refractivity contribution in [1.29, 1.82) is 0 Å². The van der Waals surface area contributed by atoms with Gasteiger partial charge in [-0.05, 0) is 37.3 Å². The largest absolute Gasteiger partial charge is 0.486 e. The van der Waals surface area contributed by atoms with E-state index in [4.69, 9.17) is 9.47 Å². The van der Waals surface area contributed by atoms with E-state index in [1.165, 1.54) is 0 Å². The summed E-state index contributed by atoms with van der Waals surface area (Å²) in [6.45, 7) is 3.01. The fourth-order valence-electron chi connectivity index (χ4n) is 3.43. The van der Waals surface area contributed by atoms with Crippen LogP contribution in [0.1, 0.15) is 5.69 Å². The van der Waals surface area contributed by atoms with Gasteiger partial charge in [0.1, 0.15) is 13.2 Å². The second-order valence-corrected chi connectivity index (χ2v) is 6.85. The number of hydrogen-bond donors (Lipinski definition) is 2. The molecule has 0 unspecified atom stereocenters. The highest BCUT2D eigenvalue weighted by Crippen LogP contribution is 2.32. The number of nitrogens with one attached hydrogen (secondary N) is 2. The van der Waals surface area contributed by atoms with E-state index < -0.39 is 0 Å². The van der Waals surface area contributed by atoms with Gasteiger partial charge in [0.2, 0.25) is 5.78 Å². The van der Waals surface area contributed by atoms with Crippen LogP contribution in [0.3, 0.4) is 0 Å². The minimum absolute atomic E-state index is 0.350. The summed E-state index contributed by atoms with van der Waals surface area (Å²) in [5.41, 5.74) is 3.98. The number of rotatable bonds is 3. The molecule has 1 aliphatic rings. The van der Waals surface area contributed by atoms with Crippen LogP contribution >= 0.6 is 0 Å². The predicted octanol–water partition coefficient (Wildman–Crippen LogP) is 4.12. The summed E-state index contributed by atoms with van der Waals surface area (Å²) >= 11 is 0. The van der Waals surface area contributed by atoms with Crippen molar-refractivity contribution < 1.29 is 14.3 Å². The summed E-state index contributed by atoms with van der Waals surface area (Å²) in [5.74, 6) is 1.94. The summed E-state index contributed by atoms with van der Waals surface area (Å²) in [7, 11) is 0. The Balaban J connectivity index is 1.34. The van der Waals surface area contributed by atoms with Crippen molar-refractivity contribution in [3.8, 4) is 22.8 Å². The lowest BCUT2D eigenvalue weighted by molar-refractivity contribution is 0.171. The highest BCUT2D eigenvalue weighted by molar-refractivity contribution is 6.00. The molecule has 5 rings (SSSR count). The molecule has 2 aromatic carbocycles. The fraction of sp³-hybridized carbons (Fsp3) is 0.136. The zero-order valence-corrected chi connectivity index (χ0v) is 16.3. The molecule has 8 heteroatoms. The van der Waals surface area contributed by atoms with E-state index in [-0.39, 0.29) is 6.03 Å². The van der Waals surface area contributed by atoms with Crippen molar-refractivity contribution in [1.82, 2.24) is 14.4 Å². The molecule has 0 bridgehead atoms. The number of anilines is 2. The van der Waals surface area contributed by atoms with Crippen LogP contribution in [0.2, 0.25) is 0 Å². The Hall–Kier alpha value is -4.07. The van der Waals surface area contributed by atoms with Crippen molar-refractivity contribution in [2.45, 2.75) is 6.92 Å². The SMILES string of the molecule is Cc1c(-c2cccc(NC(=O)Nc3ccc4c(c3)OCCO4)c2)nc2ncccn12. The van der Waals surface area contributed by atoms with Gasteiger partial charge in [0.25, 0.3) is 0 Å². The van der Waals surface area contributed by atoms with Crippen molar-refractivity contribution in [3.63, 3.8) is 0 Å². The molecule has 0 fully saturated rings. The second kappa shape index (κ2) is 7.40. The third-order valence-electron chi connectivity index (χ3n) is 4.84. The molecule has 0 radical (unpaired) electrons. The van der Waals surface area contributed by atoms with E-state index in [2.05, 4.69) is 20.6 Å². The molecule has 0 saturated carbocycles. The number of urea groups is 1. The summed E-state index contributed by atoms with van der Waals surface area (Å²) in [4.78, 5) is 21.4. The molecule has 3 heterocycles. The molecule has 0 spiro atoms. The number of imidazole rings is 1. The van der Waals surface area contributed by atoms with Gasteiger partial charge in [-0.15, -0.1) is 0 Å². The number of ether oxygens (including phenoxy) is 2. The van der Waals surface area contributed by atoms with Crippen LogP contribution in [0.4, 0.5) is 16.2 Å². The Labute approximate surface area is 172 Å². The zero-order valence-electron chi connectivity index (χ0n) is 16.3. The first-order chi connectivity index (χ1) is 14.7. The number of fused-ring (bicyclic) bond motifs is 2. The fourth-order valence-corrected chi connectivity index (χ4v) is 3.43. The molecule has 2 N–H and O–H groups in total. The van der Waals surface area contributed by atoms with Gasteiger partial charge in [-0.25, -0.2) is 14.8 Å². The van der Waals surface area contributed by atoms with Crippen LogP contribution in [0.5, 0.6) is 11.5 Å². The Morgan fingerprint density at radius 3 is 2.63 bits per heavy atom. The molecule has 4 aromatic rings. The van der Waals surface area contributed by atoms with Crippen molar-refractivity contribution in [3.05, 3.63) is 66.6 Å². The third kappa shape index (κ3) is 3.39. The first-order valence-corrected chi connectivity index (χ1v) is 9.55. The average Bonchev–Trinajstić information content (AvgIpc) is 3.10. The van der Waals surface area contributed by atoms with Crippen molar-refractivity contribution in [2.24, 2.45) is 0 Å². The molecule has 1 aliphatic heterocycles. The van der Waals surface area contributed by atoms with E-state index in [1.54, 1.807) is 24.4 Å². The van der Waals surface area contributed by atoms with Gasteiger partial charge in [0, 0.05) is 41.1 Å². The molecular formula is C22H19N5O3. The van der Waals surface area contributed by atoms with Crippen LogP contribution in [-0.4, -0.2) is 33.6 Å². The smallest absolute Gasteiger partial charge is 0.323 e. The maximum atomic E-state index is 12.5. The highest BCUT2D eigenvalue weighted by atomic mass is 16.6. The molecule has 30 heavy (non-hydrogen) atoms. The number of nitrogens with zero attached hydrogens (tertiary/aromatic N) is 3. The molecule has 2 amide bonds. The Bertz CT molecular complexity index is 1250. The predicted molar refractivity (Wildman–Crippen MR) is 113 cm³/mol. The number of benzene rings is 2.